The van der Waals surface area contributed by atoms with Crippen molar-refractivity contribution in [3.05, 3.63) is 34.9 Å². The fourth-order valence-corrected chi connectivity index (χ4v) is 4.80. The van der Waals surface area contributed by atoms with E-state index in [0.717, 1.165) is 19.0 Å². The second-order valence-electron chi connectivity index (χ2n) is 7.85. The van der Waals surface area contributed by atoms with Crippen molar-refractivity contribution in [2.24, 2.45) is 17.3 Å². The fourth-order valence-electron chi connectivity index (χ4n) is 4.61. The van der Waals surface area contributed by atoms with E-state index in [2.05, 4.69) is 4.90 Å². The van der Waals surface area contributed by atoms with Crippen molar-refractivity contribution < 1.29 is 14.7 Å². The third-order valence-corrected chi connectivity index (χ3v) is 6.44. The van der Waals surface area contributed by atoms with Crippen molar-refractivity contribution in [1.82, 2.24) is 9.80 Å². The average molecular weight is 363 g/mol. The zero-order chi connectivity index (χ0) is 17.6. The van der Waals surface area contributed by atoms with Crippen LogP contribution in [0.4, 0.5) is 0 Å². The van der Waals surface area contributed by atoms with Gasteiger partial charge < -0.3 is 14.9 Å². The number of carboxylic acids is 1. The summed E-state index contributed by atoms with van der Waals surface area (Å²) in [5.74, 6) is -0.153. The van der Waals surface area contributed by atoms with Crippen LogP contribution in [0.25, 0.3) is 0 Å². The van der Waals surface area contributed by atoms with Gasteiger partial charge in [0.2, 0.25) is 0 Å². The number of halogens is 1. The van der Waals surface area contributed by atoms with Crippen molar-refractivity contribution in [3.8, 4) is 0 Å². The predicted octanol–water partition coefficient (Wildman–Crippen LogP) is 2.60. The van der Waals surface area contributed by atoms with Crippen LogP contribution in [0.5, 0.6) is 0 Å². The van der Waals surface area contributed by atoms with Gasteiger partial charge in [-0.3, -0.25) is 9.59 Å². The van der Waals surface area contributed by atoms with Crippen molar-refractivity contribution in [2.45, 2.75) is 19.3 Å². The summed E-state index contributed by atoms with van der Waals surface area (Å²) in [4.78, 5) is 28.9. The van der Waals surface area contributed by atoms with Gasteiger partial charge in [0.25, 0.3) is 5.91 Å². The van der Waals surface area contributed by atoms with Crippen LogP contribution in [0.3, 0.4) is 0 Å². The van der Waals surface area contributed by atoms with Crippen LogP contribution in [-0.2, 0) is 4.79 Å². The number of rotatable bonds is 4. The molecule has 6 heteroatoms. The second kappa shape index (κ2) is 6.29. The number of hydrogen-bond donors (Lipinski definition) is 1. The molecule has 2 aliphatic heterocycles. The first-order valence-corrected chi connectivity index (χ1v) is 9.36. The van der Waals surface area contributed by atoms with E-state index in [-0.39, 0.29) is 11.8 Å². The van der Waals surface area contributed by atoms with Gasteiger partial charge in [0.05, 0.1) is 0 Å². The summed E-state index contributed by atoms with van der Waals surface area (Å²) >= 11 is 5.98. The summed E-state index contributed by atoms with van der Waals surface area (Å²) in [6.07, 6.45) is 3.83. The average Bonchev–Trinajstić information content (AvgIpc) is 3.05. The molecular formula is C19H23ClN2O3. The molecule has 0 bridgehead atoms. The zero-order valence-electron chi connectivity index (χ0n) is 14.2. The highest BCUT2D eigenvalue weighted by Crippen LogP contribution is 2.44. The monoisotopic (exact) mass is 362 g/mol. The van der Waals surface area contributed by atoms with Gasteiger partial charge in [-0.25, -0.2) is 0 Å². The standard InChI is InChI=1S/C19H23ClN2O3/c20-16-6-2-5-14(7-16)17(23)22-10-15-9-21(8-13-3-1-4-13)11-19(15,12-22)18(24)25/h2,5-7,13,15H,1,3-4,8-12H2,(H,24,25)/t15-,19-/m1/s1. The smallest absolute Gasteiger partial charge is 0.313 e. The number of carbonyl (C=O) groups is 2. The Morgan fingerprint density at radius 1 is 1.24 bits per heavy atom. The molecule has 2 atom stereocenters. The number of carbonyl (C=O) groups excluding carboxylic acids is 1. The van der Waals surface area contributed by atoms with E-state index in [1.807, 2.05) is 0 Å². The molecule has 4 rings (SSSR count). The molecule has 1 aliphatic carbocycles. The molecule has 1 amide bonds. The number of aliphatic carboxylic acids is 1. The Labute approximate surface area is 152 Å². The van der Waals surface area contributed by atoms with Crippen LogP contribution < -0.4 is 0 Å². The highest BCUT2D eigenvalue weighted by molar-refractivity contribution is 6.30. The minimum atomic E-state index is -0.821. The lowest BCUT2D eigenvalue weighted by atomic mass is 9.81. The van der Waals surface area contributed by atoms with E-state index in [9.17, 15) is 14.7 Å². The molecule has 1 N–H and O–H groups in total. The van der Waals surface area contributed by atoms with Gasteiger partial charge in [0.15, 0.2) is 0 Å². The van der Waals surface area contributed by atoms with E-state index in [4.69, 9.17) is 11.6 Å². The molecule has 0 aromatic heterocycles. The highest BCUT2D eigenvalue weighted by atomic mass is 35.5. The number of amides is 1. The summed E-state index contributed by atoms with van der Waals surface area (Å²) in [7, 11) is 0. The molecular weight excluding hydrogens is 340 g/mol. The summed E-state index contributed by atoms with van der Waals surface area (Å²) < 4.78 is 0. The second-order valence-corrected chi connectivity index (χ2v) is 8.28. The highest BCUT2D eigenvalue weighted by Gasteiger charge is 2.58. The van der Waals surface area contributed by atoms with Gasteiger partial charge in [0.1, 0.15) is 5.41 Å². The van der Waals surface area contributed by atoms with Crippen LogP contribution in [-0.4, -0.2) is 59.5 Å². The molecule has 0 radical (unpaired) electrons. The first-order chi connectivity index (χ1) is 12.0. The van der Waals surface area contributed by atoms with Crippen LogP contribution in [0.1, 0.15) is 29.6 Å². The van der Waals surface area contributed by atoms with Crippen molar-refractivity contribution in [1.29, 1.82) is 0 Å². The van der Waals surface area contributed by atoms with Crippen LogP contribution in [0.15, 0.2) is 24.3 Å². The first kappa shape index (κ1) is 16.9. The maximum Gasteiger partial charge on any atom is 0.313 e. The molecule has 3 aliphatic rings. The summed E-state index contributed by atoms with van der Waals surface area (Å²) in [6.45, 7) is 3.15. The molecule has 3 fully saturated rings. The summed E-state index contributed by atoms with van der Waals surface area (Å²) in [6, 6.07) is 6.86. The Morgan fingerprint density at radius 3 is 2.64 bits per heavy atom. The Morgan fingerprint density at radius 2 is 2.04 bits per heavy atom. The van der Waals surface area contributed by atoms with E-state index < -0.39 is 11.4 Å². The number of likely N-dealkylation sites (tertiary alicyclic amines) is 2. The molecule has 25 heavy (non-hydrogen) atoms. The van der Waals surface area contributed by atoms with Gasteiger partial charge in [-0.15, -0.1) is 0 Å². The first-order valence-electron chi connectivity index (χ1n) is 8.98. The third-order valence-electron chi connectivity index (χ3n) is 6.21. The largest absolute Gasteiger partial charge is 0.481 e. The Hall–Kier alpha value is -1.59. The minimum absolute atomic E-state index is 0.00760. The van der Waals surface area contributed by atoms with E-state index in [0.29, 0.717) is 30.2 Å². The van der Waals surface area contributed by atoms with Crippen molar-refractivity contribution >= 4 is 23.5 Å². The summed E-state index contributed by atoms with van der Waals surface area (Å²) in [5, 5.41) is 10.4. The predicted molar refractivity (Wildman–Crippen MR) is 94.7 cm³/mol. The zero-order valence-corrected chi connectivity index (χ0v) is 14.9. The molecule has 134 valence electrons. The molecule has 2 heterocycles. The molecule has 2 saturated heterocycles. The summed E-state index contributed by atoms with van der Waals surface area (Å²) in [5.41, 5.74) is -0.294. The normalized spacial score (nSPS) is 29.5. The number of benzene rings is 1. The van der Waals surface area contributed by atoms with Crippen LogP contribution in [0.2, 0.25) is 5.02 Å². The van der Waals surface area contributed by atoms with E-state index in [1.165, 1.54) is 19.3 Å². The quantitative estimate of drug-likeness (QED) is 0.894. The molecule has 0 spiro atoms. The SMILES string of the molecule is O=C(c1cccc(Cl)c1)N1C[C@H]2CN(CC3CCC3)C[C@@]2(C(=O)O)C1. The molecule has 1 aromatic carbocycles. The number of hydrogen-bond acceptors (Lipinski definition) is 3. The van der Waals surface area contributed by atoms with Gasteiger partial charge in [-0.2, -0.15) is 0 Å². The van der Waals surface area contributed by atoms with Gasteiger partial charge in [0, 0.05) is 49.2 Å². The van der Waals surface area contributed by atoms with Crippen molar-refractivity contribution in [3.63, 3.8) is 0 Å². The number of carboxylic acid groups (broad SMARTS) is 1. The number of fused-ring (bicyclic) bond motifs is 1. The molecule has 5 nitrogen and oxygen atoms in total. The van der Waals surface area contributed by atoms with E-state index >= 15 is 0 Å². The topological polar surface area (TPSA) is 60.9 Å². The van der Waals surface area contributed by atoms with Crippen LogP contribution >= 0.6 is 11.6 Å². The van der Waals surface area contributed by atoms with Gasteiger partial charge in [-0.05, 0) is 37.0 Å². The lowest BCUT2D eigenvalue weighted by Gasteiger charge is -2.31. The minimum Gasteiger partial charge on any atom is -0.481 e. The Balaban J connectivity index is 1.49. The number of nitrogens with zero attached hydrogens (tertiary/aromatic N) is 2. The van der Waals surface area contributed by atoms with Gasteiger partial charge >= 0.3 is 5.97 Å². The molecule has 1 saturated carbocycles. The Bertz CT molecular complexity index is 706. The Kier molecular flexibility index (Phi) is 4.24. The molecule has 1 aromatic rings. The molecule has 0 unspecified atom stereocenters. The van der Waals surface area contributed by atoms with Crippen molar-refractivity contribution in [2.75, 3.05) is 32.7 Å². The van der Waals surface area contributed by atoms with E-state index in [1.54, 1.807) is 29.2 Å². The van der Waals surface area contributed by atoms with Gasteiger partial charge in [-0.1, -0.05) is 24.1 Å². The lowest BCUT2D eigenvalue weighted by molar-refractivity contribution is -0.148. The maximum absolute atomic E-state index is 12.8. The third kappa shape index (κ3) is 2.93. The fraction of sp³-hybridized carbons (Fsp3) is 0.579. The maximum atomic E-state index is 12.8. The lowest BCUT2D eigenvalue weighted by Crippen LogP contribution is -2.43. The van der Waals surface area contributed by atoms with Crippen LogP contribution in [0, 0.1) is 17.3 Å².